The number of likely N-dealkylation sites (tertiary alicyclic amines) is 1. The summed E-state index contributed by atoms with van der Waals surface area (Å²) >= 11 is 0. The molecule has 1 aromatic carbocycles. The van der Waals surface area contributed by atoms with Gasteiger partial charge < -0.3 is 15.0 Å². The quantitative estimate of drug-likeness (QED) is 0.866. The molecule has 110 valence electrons. The van der Waals surface area contributed by atoms with E-state index in [4.69, 9.17) is 4.74 Å². The fraction of sp³-hybridized carbons (Fsp3) is 0.533. The Balaban J connectivity index is 1.98. The molecular formula is C15H21FN2O2. The second kappa shape index (κ2) is 7.24. The zero-order chi connectivity index (χ0) is 14.4. The van der Waals surface area contributed by atoms with Crippen molar-refractivity contribution in [3.63, 3.8) is 0 Å². The second-order valence-corrected chi connectivity index (χ2v) is 4.88. The minimum absolute atomic E-state index is 0.0693. The van der Waals surface area contributed by atoms with Crippen LogP contribution >= 0.6 is 0 Å². The smallest absolute Gasteiger partial charge is 0.260 e. The summed E-state index contributed by atoms with van der Waals surface area (Å²) in [5.41, 5.74) is 0.737. The van der Waals surface area contributed by atoms with E-state index in [1.165, 1.54) is 6.07 Å². The molecule has 5 heteroatoms. The van der Waals surface area contributed by atoms with Gasteiger partial charge in [0.25, 0.3) is 5.91 Å². The number of halogens is 1. The molecule has 1 fully saturated rings. The molecule has 1 aliphatic heterocycles. The lowest BCUT2D eigenvalue weighted by Gasteiger charge is -2.17. The Kier molecular flexibility index (Phi) is 5.35. The van der Waals surface area contributed by atoms with Gasteiger partial charge in [0.15, 0.2) is 18.2 Å². The number of nitrogens with one attached hydrogen (secondary N) is 1. The van der Waals surface area contributed by atoms with Gasteiger partial charge in [-0.05, 0) is 25.5 Å². The third-order valence-electron chi connectivity index (χ3n) is 3.41. The summed E-state index contributed by atoms with van der Waals surface area (Å²) in [5.74, 6) is -0.309. The fourth-order valence-electron chi connectivity index (χ4n) is 2.31. The molecular weight excluding hydrogens is 259 g/mol. The van der Waals surface area contributed by atoms with E-state index in [0.717, 1.165) is 38.0 Å². The number of amides is 1. The highest BCUT2D eigenvalue weighted by Crippen LogP contribution is 2.23. The Hall–Kier alpha value is -1.62. The van der Waals surface area contributed by atoms with Gasteiger partial charge >= 0.3 is 0 Å². The molecule has 0 unspecified atom stereocenters. The monoisotopic (exact) mass is 280 g/mol. The summed E-state index contributed by atoms with van der Waals surface area (Å²) in [7, 11) is 0. The van der Waals surface area contributed by atoms with Crippen molar-refractivity contribution >= 4 is 5.91 Å². The van der Waals surface area contributed by atoms with Crippen LogP contribution in [0.1, 0.15) is 25.3 Å². The van der Waals surface area contributed by atoms with Crippen LogP contribution in [0, 0.1) is 5.82 Å². The molecule has 1 N–H and O–H groups in total. The molecule has 1 saturated heterocycles. The molecule has 4 nitrogen and oxygen atoms in total. The SMILES string of the molecule is CCNCc1cccc(F)c1OCC(=O)N1CCCC1. The van der Waals surface area contributed by atoms with Crippen molar-refractivity contribution in [1.29, 1.82) is 0 Å². The van der Waals surface area contributed by atoms with Crippen LogP contribution in [-0.4, -0.2) is 37.0 Å². The number of hydrogen-bond donors (Lipinski definition) is 1. The summed E-state index contributed by atoms with van der Waals surface area (Å²) < 4.78 is 19.3. The normalized spacial score (nSPS) is 14.6. The number of carbonyl (C=O) groups excluding carboxylic acids is 1. The molecule has 0 bridgehead atoms. The van der Waals surface area contributed by atoms with E-state index in [9.17, 15) is 9.18 Å². The Labute approximate surface area is 118 Å². The Morgan fingerprint density at radius 3 is 2.85 bits per heavy atom. The lowest BCUT2D eigenvalue weighted by atomic mass is 10.2. The Bertz CT molecular complexity index is 459. The Morgan fingerprint density at radius 1 is 1.40 bits per heavy atom. The number of para-hydroxylation sites is 1. The number of ether oxygens (including phenoxy) is 1. The largest absolute Gasteiger partial charge is 0.480 e. The first-order valence-corrected chi connectivity index (χ1v) is 7.11. The van der Waals surface area contributed by atoms with Crippen LogP contribution in [0.5, 0.6) is 5.75 Å². The van der Waals surface area contributed by atoms with E-state index in [0.29, 0.717) is 6.54 Å². The van der Waals surface area contributed by atoms with Gasteiger partial charge in [0.2, 0.25) is 0 Å². The van der Waals surface area contributed by atoms with Gasteiger partial charge in [-0.3, -0.25) is 4.79 Å². The van der Waals surface area contributed by atoms with Crippen LogP contribution in [-0.2, 0) is 11.3 Å². The zero-order valence-corrected chi connectivity index (χ0v) is 11.8. The molecule has 0 spiro atoms. The van der Waals surface area contributed by atoms with E-state index >= 15 is 0 Å². The third-order valence-corrected chi connectivity index (χ3v) is 3.41. The van der Waals surface area contributed by atoms with Crippen molar-refractivity contribution < 1.29 is 13.9 Å². The van der Waals surface area contributed by atoms with Gasteiger partial charge in [-0.15, -0.1) is 0 Å². The highest BCUT2D eigenvalue weighted by atomic mass is 19.1. The number of benzene rings is 1. The molecule has 1 heterocycles. The Morgan fingerprint density at radius 2 is 2.15 bits per heavy atom. The van der Waals surface area contributed by atoms with Gasteiger partial charge in [-0.1, -0.05) is 19.1 Å². The van der Waals surface area contributed by atoms with Gasteiger partial charge in [0.1, 0.15) is 0 Å². The molecule has 1 aliphatic rings. The molecule has 0 aromatic heterocycles. The van der Waals surface area contributed by atoms with Crippen molar-refractivity contribution in [2.45, 2.75) is 26.3 Å². The average molecular weight is 280 g/mol. The number of carbonyl (C=O) groups is 1. The highest BCUT2D eigenvalue weighted by Gasteiger charge is 2.19. The number of hydrogen-bond acceptors (Lipinski definition) is 3. The zero-order valence-electron chi connectivity index (χ0n) is 11.8. The standard InChI is InChI=1S/C15H21FN2O2/c1-2-17-10-12-6-5-7-13(16)15(12)20-11-14(19)18-8-3-4-9-18/h5-7,17H,2-4,8-11H2,1H3. The minimum atomic E-state index is -0.422. The molecule has 1 amide bonds. The predicted octanol–water partition coefficient (Wildman–Crippen LogP) is 1.94. The van der Waals surface area contributed by atoms with Crippen molar-refractivity contribution in [2.24, 2.45) is 0 Å². The van der Waals surface area contributed by atoms with Crippen molar-refractivity contribution in [3.8, 4) is 5.75 Å². The number of rotatable bonds is 6. The van der Waals surface area contributed by atoms with Crippen LogP contribution in [0.15, 0.2) is 18.2 Å². The topological polar surface area (TPSA) is 41.6 Å². The van der Waals surface area contributed by atoms with Crippen molar-refractivity contribution in [3.05, 3.63) is 29.6 Å². The van der Waals surface area contributed by atoms with Crippen LogP contribution in [0.2, 0.25) is 0 Å². The summed E-state index contributed by atoms with van der Waals surface area (Å²) in [6.07, 6.45) is 2.08. The molecule has 20 heavy (non-hydrogen) atoms. The van der Waals surface area contributed by atoms with Gasteiger partial charge in [-0.2, -0.15) is 0 Å². The third kappa shape index (κ3) is 3.70. The van der Waals surface area contributed by atoms with Crippen LogP contribution in [0.25, 0.3) is 0 Å². The molecule has 1 aromatic rings. The maximum absolute atomic E-state index is 13.8. The van der Waals surface area contributed by atoms with Crippen LogP contribution in [0.3, 0.4) is 0 Å². The lowest BCUT2D eigenvalue weighted by molar-refractivity contribution is -0.132. The van der Waals surface area contributed by atoms with Gasteiger partial charge in [0, 0.05) is 25.2 Å². The second-order valence-electron chi connectivity index (χ2n) is 4.88. The predicted molar refractivity (Wildman–Crippen MR) is 75.1 cm³/mol. The minimum Gasteiger partial charge on any atom is -0.480 e. The van der Waals surface area contributed by atoms with E-state index in [2.05, 4.69) is 5.32 Å². The maximum atomic E-state index is 13.8. The highest BCUT2D eigenvalue weighted by molar-refractivity contribution is 5.78. The average Bonchev–Trinajstić information content (AvgIpc) is 2.98. The molecule has 0 radical (unpaired) electrons. The summed E-state index contributed by atoms with van der Waals surface area (Å²) in [6.45, 7) is 4.77. The van der Waals surface area contributed by atoms with Crippen LogP contribution < -0.4 is 10.1 Å². The molecule has 2 rings (SSSR count). The van der Waals surface area contributed by atoms with Crippen molar-refractivity contribution in [1.82, 2.24) is 10.2 Å². The first-order chi connectivity index (χ1) is 9.72. The lowest BCUT2D eigenvalue weighted by Crippen LogP contribution is -2.32. The fourth-order valence-corrected chi connectivity index (χ4v) is 2.31. The van der Waals surface area contributed by atoms with E-state index in [1.54, 1.807) is 17.0 Å². The molecule has 0 saturated carbocycles. The van der Waals surface area contributed by atoms with Crippen LogP contribution in [0.4, 0.5) is 4.39 Å². The summed E-state index contributed by atoms with van der Waals surface area (Å²) in [4.78, 5) is 13.7. The number of nitrogens with zero attached hydrogens (tertiary/aromatic N) is 1. The van der Waals surface area contributed by atoms with E-state index in [1.807, 2.05) is 6.92 Å². The first kappa shape index (κ1) is 14.8. The first-order valence-electron chi connectivity index (χ1n) is 7.11. The molecule has 0 atom stereocenters. The molecule has 0 aliphatic carbocycles. The maximum Gasteiger partial charge on any atom is 0.260 e. The van der Waals surface area contributed by atoms with Gasteiger partial charge in [0.05, 0.1) is 0 Å². The van der Waals surface area contributed by atoms with E-state index in [-0.39, 0.29) is 18.3 Å². The van der Waals surface area contributed by atoms with Gasteiger partial charge in [-0.25, -0.2) is 4.39 Å². The van der Waals surface area contributed by atoms with E-state index < -0.39 is 5.82 Å². The summed E-state index contributed by atoms with van der Waals surface area (Å²) in [6, 6.07) is 4.81. The van der Waals surface area contributed by atoms with Crippen molar-refractivity contribution in [2.75, 3.05) is 26.2 Å². The summed E-state index contributed by atoms with van der Waals surface area (Å²) in [5, 5.41) is 3.13.